The molecule has 0 unspecified atom stereocenters. The number of nitrogens with one attached hydrogen (secondary N) is 3. The van der Waals surface area contributed by atoms with Crippen LogP contribution in [0.1, 0.15) is 5.69 Å². The second kappa shape index (κ2) is 8.07. The van der Waals surface area contributed by atoms with Crippen LogP contribution in [0.2, 0.25) is 0 Å². The van der Waals surface area contributed by atoms with Gasteiger partial charge in [0.1, 0.15) is 0 Å². The van der Waals surface area contributed by atoms with Gasteiger partial charge in [0.05, 0.1) is 28.3 Å². The summed E-state index contributed by atoms with van der Waals surface area (Å²) in [5.41, 5.74) is 3.07. The van der Waals surface area contributed by atoms with Crippen molar-refractivity contribution in [1.29, 1.82) is 0 Å². The Morgan fingerprint density at radius 2 is 1.59 bits per heavy atom. The lowest BCUT2D eigenvalue weighted by atomic mass is 10.3. The van der Waals surface area contributed by atoms with Gasteiger partial charge in [-0.15, -0.1) is 11.3 Å². The predicted octanol–water partition coefficient (Wildman–Crippen LogP) is 4.66. The molecule has 0 aliphatic heterocycles. The number of anilines is 3. The zero-order valence-electron chi connectivity index (χ0n) is 14.1. The van der Waals surface area contributed by atoms with Gasteiger partial charge >= 0.3 is 6.03 Å². The zero-order valence-corrected chi connectivity index (χ0v) is 17.3. The molecule has 1 aromatic heterocycles. The molecule has 10 heteroatoms. The minimum absolute atomic E-state index is 0.134. The molecule has 0 aliphatic carbocycles. The van der Waals surface area contributed by atoms with Gasteiger partial charge in [0.2, 0.25) is 0 Å². The first kappa shape index (κ1) is 19.3. The summed E-state index contributed by atoms with van der Waals surface area (Å²) < 4.78 is 28.5. The van der Waals surface area contributed by atoms with Crippen molar-refractivity contribution in [2.75, 3.05) is 15.4 Å². The van der Waals surface area contributed by atoms with Gasteiger partial charge in [0.25, 0.3) is 10.0 Å². The van der Waals surface area contributed by atoms with Crippen LogP contribution in [0, 0.1) is 6.92 Å². The van der Waals surface area contributed by atoms with E-state index in [1.165, 1.54) is 5.51 Å². The summed E-state index contributed by atoms with van der Waals surface area (Å²) >= 11 is 4.39. The Bertz CT molecular complexity index is 1080. The van der Waals surface area contributed by atoms with E-state index in [4.69, 9.17) is 0 Å². The van der Waals surface area contributed by atoms with Crippen LogP contribution in [-0.2, 0) is 10.0 Å². The lowest BCUT2D eigenvalue weighted by Gasteiger charge is -2.14. The third-order valence-corrected chi connectivity index (χ3v) is 7.12. The standard InChI is InChI=1S/C17H15BrN4O3S2/c1-11-16(26-10-19-11)27(24,25)22-15-9-5-4-8-14(15)21-17(23)20-13-7-3-2-6-12(13)18/h2-10,22H,1H3,(H2,20,21,23). The number of carbonyl (C=O) groups is 1. The van der Waals surface area contributed by atoms with E-state index < -0.39 is 16.1 Å². The number of aryl methyl sites for hydroxylation is 1. The van der Waals surface area contributed by atoms with E-state index in [0.29, 0.717) is 17.1 Å². The Balaban J connectivity index is 1.79. The number of aromatic nitrogens is 1. The second-order valence-corrected chi connectivity index (χ2v) is 9.02. The molecule has 2 aromatic carbocycles. The van der Waals surface area contributed by atoms with E-state index in [1.54, 1.807) is 49.4 Å². The van der Waals surface area contributed by atoms with Crippen molar-refractivity contribution in [1.82, 2.24) is 4.98 Å². The van der Waals surface area contributed by atoms with Gasteiger partial charge in [-0.1, -0.05) is 24.3 Å². The SMILES string of the molecule is Cc1ncsc1S(=O)(=O)Nc1ccccc1NC(=O)Nc1ccccc1Br. The van der Waals surface area contributed by atoms with Crippen molar-refractivity contribution in [3.63, 3.8) is 0 Å². The highest BCUT2D eigenvalue weighted by Gasteiger charge is 2.21. The minimum Gasteiger partial charge on any atom is -0.307 e. The predicted molar refractivity (Wildman–Crippen MR) is 111 cm³/mol. The van der Waals surface area contributed by atoms with Gasteiger partial charge in [0, 0.05) is 4.47 Å². The number of amides is 2. The summed E-state index contributed by atoms with van der Waals surface area (Å²) in [7, 11) is -3.80. The molecule has 3 N–H and O–H groups in total. The topological polar surface area (TPSA) is 100 Å². The van der Waals surface area contributed by atoms with Gasteiger partial charge in [-0.05, 0) is 47.1 Å². The number of hydrogen-bond donors (Lipinski definition) is 3. The number of rotatable bonds is 5. The summed E-state index contributed by atoms with van der Waals surface area (Å²) in [6.07, 6.45) is 0. The average molecular weight is 467 g/mol. The number of halogens is 1. The molecule has 0 saturated heterocycles. The van der Waals surface area contributed by atoms with Crippen LogP contribution in [0.3, 0.4) is 0 Å². The van der Waals surface area contributed by atoms with E-state index in [0.717, 1.165) is 15.8 Å². The van der Waals surface area contributed by atoms with Crippen molar-refractivity contribution in [3.8, 4) is 0 Å². The van der Waals surface area contributed by atoms with Crippen molar-refractivity contribution >= 4 is 60.4 Å². The largest absolute Gasteiger partial charge is 0.323 e. The summed E-state index contributed by atoms with van der Waals surface area (Å²) in [5.74, 6) is 0. The molecule has 0 aliphatic rings. The molecule has 1 heterocycles. The maximum atomic E-state index is 12.6. The molecule has 0 bridgehead atoms. The van der Waals surface area contributed by atoms with Crippen LogP contribution < -0.4 is 15.4 Å². The molecule has 0 atom stereocenters. The summed E-state index contributed by atoms with van der Waals surface area (Å²) in [4.78, 5) is 16.3. The summed E-state index contributed by atoms with van der Waals surface area (Å²) in [5, 5.41) is 5.36. The molecule has 0 radical (unpaired) electrons. The van der Waals surface area contributed by atoms with Crippen molar-refractivity contribution in [3.05, 3.63) is 64.2 Å². The van der Waals surface area contributed by atoms with Crippen molar-refractivity contribution < 1.29 is 13.2 Å². The highest BCUT2D eigenvalue weighted by Crippen LogP contribution is 2.28. The highest BCUT2D eigenvalue weighted by molar-refractivity contribution is 9.10. The average Bonchev–Trinajstić information content (AvgIpc) is 3.05. The highest BCUT2D eigenvalue weighted by atomic mass is 79.9. The van der Waals surface area contributed by atoms with E-state index in [2.05, 4.69) is 36.3 Å². The number of sulfonamides is 1. The maximum absolute atomic E-state index is 12.6. The minimum atomic E-state index is -3.80. The fraction of sp³-hybridized carbons (Fsp3) is 0.0588. The number of benzene rings is 2. The van der Waals surface area contributed by atoms with Crippen LogP contribution >= 0.6 is 27.3 Å². The Morgan fingerprint density at radius 3 is 2.22 bits per heavy atom. The Morgan fingerprint density at radius 1 is 1.00 bits per heavy atom. The van der Waals surface area contributed by atoms with Gasteiger partial charge in [-0.25, -0.2) is 18.2 Å². The number of para-hydroxylation sites is 3. The van der Waals surface area contributed by atoms with Gasteiger partial charge in [-0.2, -0.15) is 0 Å². The lowest BCUT2D eigenvalue weighted by molar-refractivity contribution is 0.262. The molecule has 140 valence electrons. The van der Waals surface area contributed by atoms with Crippen molar-refractivity contribution in [2.45, 2.75) is 11.1 Å². The molecular weight excluding hydrogens is 452 g/mol. The van der Waals surface area contributed by atoms with Gasteiger partial charge < -0.3 is 10.6 Å². The summed E-state index contributed by atoms with van der Waals surface area (Å²) in [6, 6.07) is 13.2. The van der Waals surface area contributed by atoms with E-state index >= 15 is 0 Å². The summed E-state index contributed by atoms with van der Waals surface area (Å²) in [6.45, 7) is 1.63. The van der Waals surface area contributed by atoms with Crippen LogP contribution in [0.4, 0.5) is 21.9 Å². The maximum Gasteiger partial charge on any atom is 0.323 e. The van der Waals surface area contributed by atoms with Crippen molar-refractivity contribution in [2.24, 2.45) is 0 Å². The zero-order chi connectivity index (χ0) is 19.4. The molecule has 0 fully saturated rings. The third-order valence-electron chi connectivity index (χ3n) is 3.49. The van der Waals surface area contributed by atoms with E-state index in [9.17, 15) is 13.2 Å². The molecular formula is C17H15BrN4O3S2. The number of nitrogens with zero attached hydrogens (tertiary/aromatic N) is 1. The van der Waals surface area contributed by atoms with Crippen LogP contribution in [0.5, 0.6) is 0 Å². The number of hydrogen-bond acceptors (Lipinski definition) is 5. The Labute approximate surface area is 169 Å². The normalized spacial score (nSPS) is 11.0. The van der Waals surface area contributed by atoms with E-state index in [1.807, 2.05) is 6.07 Å². The molecule has 7 nitrogen and oxygen atoms in total. The number of urea groups is 1. The molecule has 3 rings (SSSR count). The molecule has 27 heavy (non-hydrogen) atoms. The Kier molecular flexibility index (Phi) is 5.78. The lowest BCUT2D eigenvalue weighted by Crippen LogP contribution is -2.21. The second-order valence-electron chi connectivity index (χ2n) is 5.44. The number of carbonyl (C=O) groups excluding carboxylic acids is 1. The smallest absolute Gasteiger partial charge is 0.307 e. The van der Waals surface area contributed by atoms with Crippen LogP contribution in [0.25, 0.3) is 0 Å². The fourth-order valence-corrected chi connectivity index (χ4v) is 4.94. The molecule has 3 aromatic rings. The number of thiazole rings is 1. The fourth-order valence-electron chi connectivity index (χ4n) is 2.26. The van der Waals surface area contributed by atoms with Crippen LogP contribution in [-0.4, -0.2) is 19.4 Å². The van der Waals surface area contributed by atoms with Crippen LogP contribution in [0.15, 0.2) is 62.7 Å². The third kappa shape index (κ3) is 4.65. The molecule has 2 amide bonds. The first-order valence-electron chi connectivity index (χ1n) is 7.71. The Hall–Kier alpha value is -2.43. The first-order chi connectivity index (χ1) is 12.9. The molecule has 0 saturated carbocycles. The monoisotopic (exact) mass is 466 g/mol. The van der Waals surface area contributed by atoms with E-state index in [-0.39, 0.29) is 9.90 Å². The molecule has 0 spiro atoms. The first-order valence-corrected chi connectivity index (χ1v) is 10.9. The van der Waals surface area contributed by atoms with Gasteiger partial charge in [0.15, 0.2) is 4.21 Å². The quantitative estimate of drug-likeness (QED) is 0.508. The van der Waals surface area contributed by atoms with Gasteiger partial charge in [-0.3, -0.25) is 4.72 Å².